The second kappa shape index (κ2) is 7.80. The molecule has 2 aliphatic heterocycles. The van der Waals surface area contributed by atoms with Crippen molar-refractivity contribution in [1.29, 1.82) is 0 Å². The van der Waals surface area contributed by atoms with Crippen LogP contribution in [0.3, 0.4) is 0 Å². The Morgan fingerprint density at radius 3 is 2.81 bits per heavy atom. The lowest BCUT2D eigenvalue weighted by Crippen LogP contribution is -2.33. The number of thiazole rings is 1. The molecule has 0 amide bonds. The number of hydrogen-bond donors (Lipinski definition) is 0. The fourth-order valence-corrected chi connectivity index (χ4v) is 5.08. The van der Waals surface area contributed by atoms with Crippen LogP contribution in [0.4, 0.5) is 13.2 Å². The molecular formula is C21H17ClF3N5S. The maximum atomic E-state index is 13.7. The van der Waals surface area contributed by atoms with Crippen LogP contribution in [0.15, 0.2) is 52.9 Å². The van der Waals surface area contributed by atoms with Crippen LogP contribution in [-0.4, -0.2) is 32.0 Å². The van der Waals surface area contributed by atoms with Crippen molar-refractivity contribution in [1.82, 2.24) is 19.7 Å². The number of aliphatic imine (C=N–C) groups is 1. The van der Waals surface area contributed by atoms with E-state index >= 15 is 0 Å². The fraction of sp³-hybridized carbons (Fsp3) is 0.286. The number of benzene rings is 1. The largest absolute Gasteiger partial charge is 0.333 e. The molecule has 5 nitrogen and oxygen atoms in total. The number of hydrogen-bond acceptors (Lipinski definition) is 5. The van der Waals surface area contributed by atoms with Crippen LogP contribution in [0.1, 0.15) is 42.1 Å². The molecule has 0 radical (unpaired) electrons. The lowest BCUT2D eigenvalue weighted by molar-refractivity contribution is 0.0566. The van der Waals surface area contributed by atoms with E-state index in [1.54, 1.807) is 12.3 Å². The van der Waals surface area contributed by atoms with E-state index in [4.69, 9.17) is 16.6 Å². The summed E-state index contributed by atoms with van der Waals surface area (Å²) in [5.41, 5.74) is 2.88. The van der Waals surface area contributed by atoms with Gasteiger partial charge in [-0.3, -0.25) is 4.99 Å². The lowest BCUT2D eigenvalue weighted by atomic mass is 9.90. The molecule has 2 atom stereocenters. The van der Waals surface area contributed by atoms with Gasteiger partial charge in [-0.1, -0.05) is 24.6 Å². The smallest absolute Gasteiger partial charge is 0.327 e. The average molecular weight is 464 g/mol. The second-order valence-corrected chi connectivity index (χ2v) is 8.93. The second-order valence-electron chi connectivity index (χ2n) is 7.63. The molecule has 3 aromatic rings. The van der Waals surface area contributed by atoms with Crippen LogP contribution < -0.4 is 0 Å². The number of halogens is 4. The van der Waals surface area contributed by atoms with Gasteiger partial charge in [0.1, 0.15) is 11.9 Å². The predicted octanol–water partition coefficient (Wildman–Crippen LogP) is 5.78. The molecule has 4 heterocycles. The van der Waals surface area contributed by atoms with Crippen molar-refractivity contribution in [3.05, 3.63) is 74.8 Å². The minimum absolute atomic E-state index is 0.228. The standard InChI is InChI=1S/C21H17ClF3N5S/c1-11-6-16-17(12-8-27-30(10-12)21(24)25)18(14-3-2-13(23)7-15(14)22)28-19(29(16)9-11)20-26-4-5-31-20/h2-5,7-8,10-11,18,21H,6,9H2,1H3/t11-,18-/m0/s1. The van der Waals surface area contributed by atoms with Gasteiger partial charge in [0.15, 0.2) is 10.8 Å². The molecule has 10 heteroatoms. The highest BCUT2D eigenvalue weighted by molar-refractivity contribution is 7.11. The third kappa shape index (κ3) is 3.55. The summed E-state index contributed by atoms with van der Waals surface area (Å²) in [6.45, 7) is 0.124. The van der Waals surface area contributed by atoms with Crippen LogP contribution in [0, 0.1) is 11.7 Å². The Morgan fingerprint density at radius 1 is 1.29 bits per heavy atom. The highest BCUT2D eigenvalue weighted by Crippen LogP contribution is 2.47. The molecule has 1 fully saturated rings. The van der Waals surface area contributed by atoms with E-state index in [9.17, 15) is 13.2 Å². The highest BCUT2D eigenvalue weighted by Gasteiger charge is 2.39. The van der Waals surface area contributed by atoms with Crippen LogP contribution in [0.25, 0.3) is 5.57 Å². The first-order valence-electron chi connectivity index (χ1n) is 9.68. The molecule has 0 unspecified atom stereocenters. The summed E-state index contributed by atoms with van der Waals surface area (Å²) in [5.74, 6) is 0.594. The third-order valence-corrected chi connectivity index (χ3v) is 6.54. The molecule has 0 N–H and O–H groups in total. The van der Waals surface area contributed by atoms with Gasteiger partial charge in [0.05, 0.1) is 6.20 Å². The van der Waals surface area contributed by atoms with Crippen molar-refractivity contribution in [2.45, 2.75) is 25.9 Å². The van der Waals surface area contributed by atoms with Crippen molar-refractivity contribution in [2.24, 2.45) is 10.9 Å². The van der Waals surface area contributed by atoms with Gasteiger partial charge in [-0.25, -0.2) is 14.1 Å². The zero-order valence-corrected chi connectivity index (χ0v) is 17.9. The van der Waals surface area contributed by atoms with Crippen LogP contribution in [-0.2, 0) is 0 Å². The molecule has 1 aromatic carbocycles. The highest BCUT2D eigenvalue weighted by atomic mass is 35.5. The summed E-state index contributed by atoms with van der Waals surface area (Å²) >= 11 is 7.89. The summed E-state index contributed by atoms with van der Waals surface area (Å²) in [6, 6.07) is 3.56. The van der Waals surface area contributed by atoms with E-state index in [-0.39, 0.29) is 5.02 Å². The van der Waals surface area contributed by atoms with E-state index in [0.29, 0.717) is 27.6 Å². The number of amidine groups is 1. The number of alkyl halides is 2. The van der Waals surface area contributed by atoms with Crippen molar-refractivity contribution >= 4 is 34.3 Å². The van der Waals surface area contributed by atoms with Gasteiger partial charge < -0.3 is 4.90 Å². The first-order chi connectivity index (χ1) is 14.9. The quantitative estimate of drug-likeness (QED) is 0.492. The molecule has 2 aromatic heterocycles. The lowest BCUT2D eigenvalue weighted by Gasteiger charge is -2.32. The van der Waals surface area contributed by atoms with Crippen molar-refractivity contribution in [2.75, 3.05) is 6.54 Å². The van der Waals surface area contributed by atoms with Crippen LogP contribution in [0.5, 0.6) is 0 Å². The van der Waals surface area contributed by atoms with Crippen molar-refractivity contribution in [3.8, 4) is 0 Å². The first-order valence-corrected chi connectivity index (χ1v) is 10.9. The molecule has 0 bridgehead atoms. The normalized spacial score (nSPS) is 21.1. The number of fused-ring (bicyclic) bond motifs is 1. The Bertz CT molecular complexity index is 1190. The summed E-state index contributed by atoms with van der Waals surface area (Å²) in [4.78, 5) is 11.5. The number of aromatic nitrogens is 3. The molecule has 31 heavy (non-hydrogen) atoms. The minimum Gasteiger partial charge on any atom is -0.327 e. The number of rotatable bonds is 4. The molecule has 2 aliphatic rings. The molecule has 0 spiro atoms. The summed E-state index contributed by atoms with van der Waals surface area (Å²) in [7, 11) is 0. The van der Waals surface area contributed by atoms with E-state index in [2.05, 4.69) is 21.9 Å². The van der Waals surface area contributed by atoms with Crippen molar-refractivity contribution in [3.63, 3.8) is 0 Å². The monoisotopic (exact) mass is 463 g/mol. The Labute approximate surface area is 185 Å². The predicted molar refractivity (Wildman–Crippen MR) is 114 cm³/mol. The van der Waals surface area contributed by atoms with E-state index < -0.39 is 18.4 Å². The number of nitrogens with zero attached hydrogens (tertiary/aromatic N) is 5. The SMILES string of the molecule is C[C@H]1CC2=C(c3cnn(C(F)F)c3)[C@H](c3ccc(F)cc3Cl)N=C(c3nccs3)N2C1. The maximum Gasteiger partial charge on any atom is 0.333 e. The summed E-state index contributed by atoms with van der Waals surface area (Å²) < 4.78 is 40.8. The fourth-order valence-electron chi connectivity index (χ4n) is 4.17. The summed E-state index contributed by atoms with van der Waals surface area (Å²) in [6.07, 6.45) is 5.20. The van der Waals surface area contributed by atoms with E-state index in [1.165, 1.54) is 35.9 Å². The Morgan fingerprint density at radius 2 is 2.13 bits per heavy atom. The van der Waals surface area contributed by atoms with Gasteiger partial charge >= 0.3 is 6.55 Å². The van der Waals surface area contributed by atoms with Crippen molar-refractivity contribution < 1.29 is 13.2 Å². The molecule has 160 valence electrons. The van der Waals surface area contributed by atoms with Gasteiger partial charge in [0, 0.05) is 46.2 Å². The molecule has 5 rings (SSSR count). The minimum atomic E-state index is -2.75. The summed E-state index contributed by atoms with van der Waals surface area (Å²) in [5, 5.41) is 6.69. The number of allylic oxidation sites excluding steroid dienone is 1. The average Bonchev–Trinajstić information content (AvgIpc) is 3.47. The molecule has 0 aliphatic carbocycles. The first kappa shape index (κ1) is 20.3. The topological polar surface area (TPSA) is 46.3 Å². The Kier molecular flexibility index (Phi) is 5.10. The van der Waals surface area contributed by atoms with Gasteiger partial charge in [-0.15, -0.1) is 11.3 Å². The van der Waals surface area contributed by atoms with Gasteiger partial charge in [-0.05, 0) is 30.0 Å². The van der Waals surface area contributed by atoms with Gasteiger partial charge in [-0.2, -0.15) is 13.9 Å². The molecular weight excluding hydrogens is 447 g/mol. The Hall–Kier alpha value is -2.65. The molecule has 1 saturated heterocycles. The Balaban J connectivity index is 1.73. The van der Waals surface area contributed by atoms with Crippen LogP contribution in [0.2, 0.25) is 5.02 Å². The van der Waals surface area contributed by atoms with E-state index in [1.807, 2.05) is 5.38 Å². The zero-order chi connectivity index (χ0) is 21.7. The maximum absolute atomic E-state index is 13.7. The van der Waals surface area contributed by atoms with E-state index in [0.717, 1.165) is 29.2 Å². The molecule has 0 saturated carbocycles. The third-order valence-electron chi connectivity index (χ3n) is 5.45. The van der Waals surface area contributed by atoms with Crippen LogP contribution >= 0.6 is 22.9 Å². The van der Waals surface area contributed by atoms with Gasteiger partial charge in [0.2, 0.25) is 0 Å². The zero-order valence-electron chi connectivity index (χ0n) is 16.3. The van der Waals surface area contributed by atoms with Gasteiger partial charge in [0.25, 0.3) is 0 Å².